The molecule has 0 spiro atoms. The predicted octanol–water partition coefficient (Wildman–Crippen LogP) is 2.84. The molecule has 5 N–H and O–H groups in total. The maximum atomic E-state index is 12.9. The van der Waals surface area contributed by atoms with Crippen LogP contribution in [0.5, 0.6) is 0 Å². The molecule has 1 atom stereocenters. The van der Waals surface area contributed by atoms with E-state index in [1.54, 1.807) is 12.1 Å². The van der Waals surface area contributed by atoms with Crippen LogP contribution in [0.4, 0.5) is 15.3 Å². The third kappa shape index (κ3) is 6.74. The topological polar surface area (TPSA) is 117 Å². The summed E-state index contributed by atoms with van der Waals surface area (Å²) in [7, 11) is 0. The second-order valence-corrected chi connectivity index (χ2v) is 7.88. The number of amides is 5. The summed E-state index contributed by atoms with van der Waals surface area (Å²) in [5.74, 6) is 0.184. The van der Waals surface area contributed by atoms with Crippen LogP contribution in [0.15, 0.2) is 48.5 Å². The third-order valence-electron chi connectivity index (χ3n) is 5.33. The lowest BCUT2D eigenvalue weighted by Crippen LogP contribution is -2.44. The Balaban J connectivity index is 1.48. The van der Waals surface area contributed by atoms with Crippen molar-refractivity contribution in [3.05, 3.63) is 65.2 Å². The number of piperidine rings is 1. The number of nitrogens with zero attached hydrogens (tertiary/aromatic N) is 1. The fourth-order valence-electron chi connectivity index (χ4n) is 3.60. The van der Waals surface area contributed by atoms with Gasteiger partial charge in [0.15, 0.2) is 0 Å². The molecule has 1 unspecified atom stereocenters. The number of aryl methyl sites for hydroxylation is 1. The summed E-state index contributed by atoms with van der Waals surface area (Å²) < 4.78 is 0. The van der Waals surface area contributed by atoms with Gasteiger partial charge in [0.25, 0.3) is 5.91 Å². The second kappa shape index (κ2) is 10.5. The average Bonchev–Trinajstić information content (AvgIpc) is 2.78. The van der Waals surface area contributed by atoms with Crippen molar-refractivity contribution in [3.8, 4) is 0 Å². The Hall–Kier alpha value is -3.55. The summed E-state index contributed by atoms with van der Waals surface area (Å²) in [6.45, 7) is 4.14. The second-order valence-electron chi connectivity index (χ2n) is 7.88. The van der Waals surface area contributed by atoms with Gasteiger partial charge >= 0.3 is 12.1 Å². The van der Waals surface area contributed by atoms with Crippen LogP contribution in [0.1, 0.15) is 34.3 Å². The number of likely N-dealkylation sites (tertiary alicyclic amines) is 1. The molecule has 0 radical (unpaired) electrons. The number of carbonyl (C=O) groups excluding carboxylic acids is 3. The van der Waals surface area contributed by atoms with Crippen LogP contribution in [-0.4, -0.2) is 42.5 Å². The minimum absolute atomic E-state index is 0.0248. The molecule has 8 nitrogen and oxygen atoms in total. The van der Waals surface area contributed by atoms with Gasteiger partial charge in [-0.25, -0.2) is 9.59 Å². The van der Waals surface area contributed by atoms with Crippen molar-refractivity contribution in [2.24, 2.45) is 11.7 Å². The van der Waals surface area contributed by atoms with Crippen LogP contribution < -0.4 is 21.7 Å². The highest BCUT2D eigenvalue weighted by atomic mass is 16.2. The molecule has 8 heteroatoms. The molecule has 0 aromatic heterocycles. The van der Waals surface area contributed by atoms with E-state index in [4.69, 9.17) is 5.73 Å². The highest BCUT2D eigenvalue weighted by molar-refractivity contribution is 5.94. The van der Waals surface area contributed by atoms with E-state index in [-0.39, 0.29) is 17.9 Å². The van der Waals surface area contributed by atoms with E-state index in [0.717, 1.165) is 29.7 Å². The fraction of sp³-hybridized carbons (Fsp3) is 0.348. The highest BCUT2D eigenvalue weighted by Crippen LogP contribution is 2.19. The Labute approximate surface area is 182 Å². The number of urea groups is 2. The zero-order valence-electron chi connectivity index (χ0n) is 17.7. The van der Waals surface area contributed by atoms with Crippen molar-refractivity contribution < 1.29 is 14.4 Å². The quantitative estimate of drug-likeness (QED) is 0.572. The molecule has 2 aromatic carbocycles. The van der Waals surface area contributed by atoms with Crippen molar-refractivity contribution >= 4 is 23.7 Å². The van der Waals surface area contributed by atoms with Gasteiger partial charge in [0.1, 0.15) is 0 Å². The molecule has 5 amide bonds. The van der Waals surface area contributed by atoms with Crippen molar-refractivity contribution in [2.75, 3.05) is 25.0 Å². The van der Waals surface area contributed by atoms with Crippen LogP contribution >= 0.6 is 0 Å². The molecule has 0 aliphatic carbocycles. The molecule has 164 valence electrons. The van der Waals surface area contributed by atoms with E-state index < -0.39 is 6.03 Å². The van der Waals surface area contributed by atoms with Crippen LogP contribution in [0.3, 0.4) is 0 Å². The number of primary amides is 1. The van der Waals surface area contributed by atoms with Gasteiger partial charge in [0.05, 0.1) is 0 Å². The van der Waals surface area contributed by atoms with Gasteiger partial charge in [0.2, 0.25) is 0 Å². The molecule has 3 rings (SSSR count). The number of carbonyl (C=O) groups is 3. The Bertz CT molecular complexity index is 912. The molecule has 1 aliphatic heterocycles. The lowest BCUT2D eigenvalue weighted by molar-refractivity contribution is 0.0675. The molecule has 1 heterocycles. The van der Waals surface area contributed by atoms with E-state index >= 15 is 0 Å². The maximum absolute atomic E-state index is 12.9. The minimum atomic E-state index is -0.583. The van der Waals surface area contributed by atoms with Gasteiger partial charge in [-0.05, 0) is 55.5 Å². The van der Waals surface area contributed by atoms with Gasteiger partial charge in [-0.1, -0.05) is 29.8 Å². The summed E-state index contributed by atoms with van der Waals surface area (Å²) in [4.78, 5) is 37.7. The zero-order valence-corrected chi connectivity index (χ0v) is 17.7. The molecule has 1 fully saturated rings. The number of benzene rings is 2. The van der Waals surface area contributed by atoms with Crippen molar-refractivity contribution in [1.82, 2.24) is 15.5 Å². The molecule has 0 saturated carbocycles. The molecule has 31 heavy (non-hydrogen) atoms. The van der Waals surface area contributed by atoms with E-state index in [0.29, 0.717) is 31.7 Å². The normalized spacial score (nSPS) is 15.8. The van der Waals surface area contributed by atoms with Crippen molar-refractivity contribution in [3.63, 3.8) is 0 Å². The summed E-state index contributed by atoms with van der Waals surface area (Å²) in [5, 5.41) is 8.26. The lowest BCUT2D eigenvalue weighted by atomic mass is 9.97. The maximum Gasteiger partial charge on any atom is 0.319 e. The first-order chi connectivity index (χ1) is 14.9. The van der Waals surface area contributed by atoms with Crippen LogP contribution in [0.25, 0.3) is 0 Å². The first-order valence-electron chi connectivity index (χ1n) is 10.4. The van der Waals surface area contributed by atoms with Crippen LogP contribution in [0.2, 0.25) is 0 Å². The molecule has 2 aromatic rings. The number of hydrogen-bond donors (Lipinski definition) is 4. The van der Waals surface area contributed by atoms with Gasteiger partial charge in [-0.3, -0.25) is 4.79 Å². The molecule has 0 bridgehead atoms. The van der Waals surface area contributed by atoms with Gasteiger partial charge in [0, 0.05) is 37.4 Å². The number of nitrogens with two attached hydrogens (primary N) is 1. The Kier molecular flexibility index (Phi) is 7.48. The van der Waals surface area contributed by atoms with E-state index in [2.05, 4.69) is 16.0 Å². The Morgan fingerprint density at radius 3 is 2.42 bits per heavy atom. The van der Waals surface area contributed by atoms with Gasteiger partial charge in [-0.15, -0.1) is 0 Å². The van der Waals surface area contributed by atoms with E-state index in [1.807, 2.05) is 48.2 Å². The van der Waals surface area contributed by atoms with E-state index in [9.17, 15) is 14.4 Å². The first-order valence-corrected chi connectivity index (χ1v) is 10.4. The summed E-state index contributed by atoms with van der Waals surface area (Å²) >= 11 is 0. The third-order valence-corrected chi connectivity index (χ3v) is 5.33. The smallest absolute Gasteiger partial charge is 0.319 e. The van der Waals surface area contributed by atoms with Crippen molar-refractivity contribution in [2.45, 2.75) is 26.3 Å². The standard InChI is InChI=1S/C23H29N5O3/c1-16-4-10-20(11-5-16)27-23(31)26-14-18-3-2-12-28(15-18)21(29)19-8-6-17(7-9-19)13-25-22(24)30/h4-11,18H,2-3,12-15H2,1H3,(H3,24,25,30)(H2,26,27,31). The summed E-state index contributed by atoms with van der Waals surface area (Å²) in [5.41, 5.74) is 8.43. The number of nitrogens with one attached hydrogen (secondary N) is 3. The largest absolute Gasteiger partial charge is 0.352 e. The minimum Gasteiger partial charge on any atom is -0.352 e. The van der Waals surface area contributed by atoms with Crippen LogP contribution in [-0.2, 0) is 6.54 Å². The Morgan fingerprint density at radius 1 is 1.03 bits per heavy atom. The molecule has 1 aliphatic rings. The Morgan fingerprint density at radius 2 is 1.74 bits per heavy atom. The number of rotatable bonds is 6. The highest BCUT2D eigenvalue weighted by Gasteiger charge is 2.24. The monoisotopic (exact) mass is 423 g/mol. The molecular formula is C23H29N5O3. The summed E-state index contributed by atoms with van der Waals surface area (Å²) in [6, 6.07) is 13.9. The average molecular weight is 424 g/mol. The SMILES string of the molecule is Cc1ccc(NC(=O)NCC2CCCN(C(=O)c3ccc(CNC(N)=O)cc3)C2)cc1. The van der Waals surface area contributed by atoms with Crippen molar-refractivity contribution in [1.29, 1.82) is 0 Å². The fourth-order valence-corrected chi connectivity index (χ4v) is 3.60. The molecular weight excluding hydrogens is 394 g/mol. The first kappa shape index (κ1) is 22.1. The van der Waals surface area contributed by atoms with Crippen LogP contribution in [0, 0.1) is 12.8 Å². The summed E-state index contributed by atoms with van der Waals surface area (Å²) in [6.07, 6.45) is 1.87. The van der Waals surface area contributed by atoms with Gasteiger partial charge in [-0.2, -0.15) is 0 Å². The van der Waals surface area contributed by atoms with E-state index in [1.165, 1.54) is 0 Å². The van der Waals surface area contributed by atoms with Gasteiger partial charge < -0.3 is 26.6 Å². The number of hydrogen-bond acceptors (Lipinski definition) is 3. The molecule has 1 saturated heterocycles. The predicted molar refractivity (Wildman–Crippen MR) is 120 cm³/mol. The zero-order chi connectivity index (χ0) is 22.2. The lowest BCUT2D eigenvalue weighted by Gasteiger charge is -2.33. The number of anilines is 1.